The Labute approximate surface area is 101 Å². The number of hydrogen-bond acceptors (Lipinski definition) is 4. The summed E-state index contributed by atoms with van der Waals surface area (Å²) in [5, 5.41) is 1.85. The van der Waals surface area contributed by atoms with E-state index >= 15 is 0 Å². The van der Waals surface area contributed by atoms with Gasteiger partial charge in [-0.25, -0.2) is 13.6 Å². The average Bonchev–Trinajstić information content (AvgIpc) is 2.85. The summed E-state index contributed by atoms with van der Waals surface area (Å²) >= 11 is 1.43. The lowest BCUT2D eigenvalue weighted by Gasteiger charge is -2.10. The Morgan fingerprint density at radius 2 is 2.41 bits per heavy atom. The zero-order valence-corrected chi connectivity index (χ0v) is 9.84. The molecule has 1 aromatic heterocycles. The molecule has 0 aromatic carbocycles. The summed E-state index contributed by atoms with van der Waals surface area (Å²) in [6.45, 7) is 0. The predicted molar refractivity (Wildman–Crippen MR) is 57.8 cm³/mol. The highest BCUT2D eigenvalue weighted by atomic mass is 32.1. The molecule has 1 aliphatic carbocycles. The normalized spacial score (nSPS) is 22.6. The minimum atomic E-state index is -2.69. The van der Waals surface area contributed by atoms with Crippen LogP contribution in [-0.4, -0.2) is 18.0 Å². The fourth-order valence-electron chi connectivity index (χ4n) is 1.70. The van der Waals surface area contributed by atoms with E-state index in [0.717, 1.165) is 4.88 Å². The van der Waals surface area contributed by atoms with Gasteiger partial charge in [-0.1, -0.05) is 6.07 Å². The second kappa shape index (κ2) is 5.10. The zero-order valence-electron chi connectivity index (χ0n) is 9.03. The van der Waals surface area contributed by atoms with Gasteiger partial charge in [0.15, 0.2) is 0 Å². The van der Waals surface area contributed by atoms with Crippen LogP contribution in [0.25, 0.3) is 0 Å². The lowest BCUT2D eigenvalue weighted by molar-refractivity contribution is -0.298. The van der Waals surface area contributed by atoms with Crippen LogP contribution in [0.2, 0.25) is 0 Å². The average molecular weight is 262 g/mol. The van der Waals surface area contributed by atoms with Gasteiger partial charge >= 0.3 is 5.97 Å². The maximum absolute atomic E-state index is 12.8. The molecule has 0 saturated heterocycles. The van der Waals surface area contributed by atoms with Crippen LogP contribution in [-0.2, 0) is 21.0 Å². The van der Waals surface area contributed by atoms with Crippen molar-refractivity contribution in [2.45, 2.75) is 37.7 Å². The van der Waals surface area contributed by atoms with E-state index in [9.17, 15) is 13.6 Å². The molecule has 1 atom stereocenters. The molecule has 17 heavy (non-hydrogen) atoms. The van der Waals surface area contributed by atoms with Gasteiger partial charge in [-0.3, -0.25) is 4.89 Å². The Morgan fingerprint density at radius 3 is 3.00 bits per heavy atom. The fraction of sp³-hybridized carbons (Fsp3) is 0.545. The standard InChI is InChI=1S/C11H12F2O3S/c12-11(13)4-3-8(7-11)15-16-10(14)6-9-2-1-5-17-9/h1-2,5,8H,3-4,6-7H2. The van der Waals surface area contributed by atoms with Gasteiger partial charge in [0.25, 0.3) is 5.92 Å². The number of hydrogen-bond donors (Lipinski definition) is 0. The van der Waals surface area contributed by atoms with Crippen LogP contribution in [0, 0.1) is 0 Å². The number of alkyl halides is 2. The molecule has 1 unspecified atom stereocenters. The molecule has 0 aliphatic heterocycles. The largest absolute Gasteiger partial charge is 0.347 e. The van der Waals surface area contributed by atoms with Crippen LogP contribution in [0.4, 0.5) is 8.78 Å². The lowest BCUT2D eigenvalue weighted by Crippen LogP contribution is -2.17. The van der Waals surface area contributed by atoms with E-state index in [1.54, 1.807) is 6.07 Å². The van der Waals surface area contributed by atoms with E-state index in [4.69, 9.17) is 4.89 Å². The molecule has 94 valence electrons. The molecule has 1 fully saturated rings. The van der Waals surface area contributed by atoms with E-state index in [0.29, 0.717) is 0 Å². The number of carbonyl (C=O) groups excluding carboxylic acids is 1. The maximum atomic E-state index is 12.8. The molecule has 6 heteroatoms. The fourth-order valence-corrected chi connectivity index (χ4v) is 2.39. The monoisotopic (exact) mass is 262 g/mol. The smallest absolute Gasteiger partial charge is 0.298 e. The molecule has 0 radical (unpaired) electrons. The number of thiophene rings is 1. The lowest BCUT2D eigenvalue weighted by atomic mass is 10.3. The van der Waals surface area contributed by atoms with Crippen LogP contribution < -0.4 is 0 Å². The van der Waals surface area contributed by atoms with E-state index < -0.39 is 18.0 Å². The Kier molecular flexibility index (Phi) is 3.73. The highest BCUT2D eigenvalue weighted by Crippen LogP contribution is 2.36. The van der Waals surface area contributed by atoms with Gasteiger partial charge in [0.1, 0.15) is 6.10 Å². The molecule has 1 aliphatic rings. The molecule has 1 saturated carbocycles. The first-order valence-corrected chi connectivity index (χ1v) is 6.19. The van der Waals surface area contributed by atoms with E-state index in [1.807, 2.05) is 11.4 Å². The van der Waals surface area contributed by atoms with Crippen LogP contribution in [0.5, 0.6) is 0 Å². The first-order chi connectivity index (χ1) is 8.05. The second-order valence-electron chi connectivity index (χ2n) is 4.03. The Balaban J connectivity index is 1.70. The molecule has 1 aromatic rings. The van der Waals surface area contributed by atoms with Gasteiger partial charge in [-0.2, -0.15) is 4.89 Å². The van der Waals surface area contributed by atoms with Crippen LogP contribution in [0.3, 0.4) is 0 Å². The summed E-state index contributed by atoms with van der Waals surface area (Å²) in [7, 11) is 0. The summed E-state index contributed by atoms with van der Waals surface area (Å²) in [5.74, 6) is -3.24. The predicted octanol–water partition coefficient (Wildman–Crippen LogP) is 2.95. The molecule has 0 amide bonds. The second-order valence-corrected chi connectivity index (χ2v) is 5.06. The van der Waals surface area contributed by atoms with Crippen molar-refractivity contribution >= 4 is 17.3 Å². The quantitative estimate of drug-likeness (QED) is 0.618. The van der Waals surface area contributed by atoms with Gasteiger partial charge in [0.05, 0.1) is 6.42 Å². The molecule has 3 nitrogen and oxygen atoms in total. The van der Waals surface area contributed by atoms with Crippen molar-refractivity contribution in [2.75, 3.05) is 0 Å². The third kappa shape index (κ3) is 3.74. The SMILES string of the molecule is O=C(Cc1cccs1)OOC1CCC(F)(F)C1. The Bertz CT molecular complexity index is 378. The van der Waals surface area contributed by atoms with Gasteiger partial charge in [0, 0.05) is 17.7 Å². The molecule has 0 N–H and O–H groups in total. The molecule has 0 spiro atoms. The van der Waals surface area contributed by atoms with Crippen molar-refractivity contribution in [2.24, 2.45) is 0 Å². The van der Waals surface area contributed by atoms with Crippen molar-refractivity contribution in [1.29, 1.82) is 0 Å². The molecule has 0 bridgehead atoms. The highest BCUT2D eigenvalue weighted by molar-refractivity contribution is 7.10. The summed E-state index contributed by atoms with van der Waals surface area (Å²) in [6.07, 6.45) is -0.934. The van der Waals surface area contributed by atoms with Crippen LogP contribution in [0.15, 0.2) is 17.5 Å². The number of halogens is 2. The van der Waals surface area contributed by atoms with Gasteiger partial charge in [-0.05, 0) is 17.9 Å². The number of rotatable bonds is 4. The Morgan fingerprint density at radius 1 is 1.59 bits per heavy atom. The van der Waals surface area contributed by atoms with E-state index in [2.05, 4.69) is 4.89 Å². The van der Waals surface area contributed by atoms with Crippen LogP contribution in [0.1, 0.15) is 24.1 Å². The molecular weight excluding hydrogens is 250 g/mol. The summed E-state index contributed by atoms with van der Waals surface area (Å²) in [6, 6.07) is 3.63. The minimum absolute atomic E-state index is 0.112. The van der Waals surface area contributed by atoms with Crippen molar-refractivity contribution in [3.8, 4) is 0 Å². The van der Waals surface area contributed by atoms with E-state index in [1.165, 1.54) is 11.3 Å². The third-order valence-corrected chi connectivity index (χ3v) is 3.41. The maximum Gasteiger partial charge on any atom is 0.347 e. The van der Waals surface area contributed by atoms with Crippen LogP contribution >= 0.6 is 11.3 Å². The third-order valence-electron chi connectivity index (χ3n) is 2.53. The first-order valence-electron chi connectivity index (χ1n) is 5.31. The van der Waals surface area contributed by atoms with Crippen molar-refractivity contribution in [1.82, 2.24) is 0 Å². The highest BCUT2D eigenvalue weighted by Gasteiger charge is 2.41. The molecular formula is C11H12F2O3S. The molecule has 2 rings (SSSR count). The van der Waals surface area contributed by atoms with E-state index in [-0.39, 0.29) is 25.7 Å². The van der Waals surface area contributed by atoms with Gasteiger partial charge < -0.3 is 0 Å². The Hall–Kier alpha value is -1.01. The van der Waals surface area contributed by atoms with Crippen molar-refractivity contribution < 1.29 is 23.4 Å². The summed E-state index contributed by atoms with van der Waals surface area (Å²) in [4.78, 5) is 21.4. The topological polar surface area (TPSA) is 35.5 Å². The van der Waals surface area contributed by atoms with Crippen molar-refractivity contribution in [3.63, 3.8) is 0 Å². The van der Waals surface area contributed by atoms with Gasteiger partial charge in [0.2, 0.25) is 0 Å². The summed E-state index contributed by atoms with van der Waals surface area (Å²) < 4.78 is 25.6. The number of carbonyl (C=O) groups is 1. The summed E-state index contributed by atoms with van der Waals surface area (Å²) in [5.41, 5.74) is 0. The zero-order chi connectivity index (χ0) is 12.3. The molecule has 1 heterocycles. The first kappa shape index (κ1) is 12.4. The van der Waals surface area contributed by atoms with Crippen molar-refractivity contribution in [3.05, 3.63) is 22.4 Å². The minimum Gasteiger partial charge on any atom is -0.298 e. The van der Waals surface area contributed by atoms with Gasteiger partial charge in [-0.15, -0.1) is 11.3 Å².